The van der Waals surface area contributed by atoms with Gasteiger partial charge in [-0.25, -0.2) is 0 Å². The minimum Gasteiger partial charge on any atom is -0.347 e. The minimum atomic E-state index is 0.137. The maximum atomic E-state index is 12.2. The van der Waals surface area contributed by atoms with E-state index in [1.54, 1.807) is 23.1 Å². The summed E-state index contributed by atoms with van der Waals surface area (Å²) in [5, 5.41) is 4.28. The standard InChI is InChI=1S/C15H17NOS2/c1-9-5-7-12(8-6-9)16-14-10(2)13(17)11(3)15(18-4)19-14/h5-8,16H,1-4H3. The first-order chi connectivity index (χ1) is 9.02. The van der Waals surface area contributed by atoms with Gasteiger partial charge in [-0.15, -0.1) is 23.1 Å². The van der Waals surface area contributed by atoms with Gasteiger partial charge in [0.15, 0.2) is 5.43 Å². The molecule has 2 nitrogen and oxygen atoms in total. The van der Waals surface area contributed by atoms with Gasteiger partial charge < -0.3 is 5.32 Å². The Morgan fingerprint density at radius 3 is 2.26 bits per heavy atom. The molecule has 0 amide bonds. The molecule has 0 unspecified atom stereocenters. The van der Waals surface area contributed by atoms with Crippen LogP contribution in [0.2, 0.25) is 0 Å². The van der Waals surface area contributed by atoms with Gasteiger partial charge in [-0.1, -0.05) is 17.7 Å². The van der Waals surface area contributed by atoms with Crippen LogP contribution in [-0.4, -0.2) is 6.26 Å². The monoisotopic (exact) mass is 291 g/mol. The van der Waals surface area contributed by atoms with E-state index < -0.39 is 0 Å². The molecule has 4 heteroatoms. The lowest BCUT2D eigenvalue weighted by molar-refractivity contribution is 1.28. The largest absolute Gasteiger partial charge is 0.347 e. The zero-order valence-corrected chi connectivity index (χ0v) is 13.2. The van der Waals surface area contributed by atoms with Crippen LogP contribution in [-0.2, 0) is 0 Å². The van der Waals surface area contributed by atoms with Gasteiger partial charge in [-0.3, -0.25) is 4.79 Å². The van der Waals surface area contributed by atoms with Gasteiger partial charge in [0, 0.05) is 16.8 Å². The summed E-state index contributed by atoms with van der Waals surface area (Å²) < 4.78 is 1.07. The van der Waals surface area contributed by atoms with Crippen molar-refractivity contribution in [3.63, 3.8) is 0 Å². The van der Waals surface area contributed by atoms with Crippen LogP contribution in [0.4, 0.5) is 10.7 Å². The number of aryl methyl sites for hydroxylation is 1. The molecule has 1 heterocycles. The minimum absolute atomic E-state index is 0.137. The molecule has 0 fully saturated rings. The van der Waals surface area contributed by atoms with Crippen LogP contribution >= 0.6 is 23.1 Å². The van der Waals surface area contributed by atoms with E-state index >= 15 is 0 Å². The molecule has 2 rings (SSSR count). The van der Waals surface area contributed by atoms with E-state index in [1.165, 1.54) is 5.56 Å². The third kappa shape index (κ3) is 3.01. The third-order valence-corrected chi connectivity index (χ3v) is 5.55. The predicted octanol–water partition coefficient (Wildman–Crippen LogP) is 4.50. The number of hydrogen-bond donors (Lipinski definition) is 1. The smallest absolute Gasteiger partial charge is 0.189 e. The Hall–Kier alpha value is -1.26. The van der Waals surface area contributed by atoms with E-state index in [0.29, 0.717) is 0 Å². The summed E-state index contributed by atoms with van der Waals surface area (Å²) in [5.74, 6) is 0. The summed E-state index contributed by atoms with van der Waals surface area (Å²) in [5.41, 5.74) is 4.02. The molecular weight excluding hydrogens is 274 g/mol. The molecule has 100 valence electrons. The first kappa shape index (κ1) is 14.2. The molecule has 0 saturated carbocycles. The SMILES string of the molecule is CSc1sc(Nc2ccc(C)cc2)c(C)c(=O)c1C. The Morgan fingerprint density at radius 1 is 1.05 bits per heavy atom. The Kier molecular flexibility index (Phi) is 4.32. The van der Waals surface area contributed by atoms with Gasteiger partial charge in [0.05, 0.1) is 4.21 Å². The highest BCUT2D eigenvalue weighted by atomic mass is 32.2. The molecule has 1 aromatic heterocycles. The number of nitrogens with one attached hydrogen (secondary N) is 1. The van der Waals surface area contributed by atoms with Crippen molar-refractivity contribution in [2.24, 2.45) is 0 Å². The van der Waals surface area contributed by atoms with E-state index in [4.69, 9.17) is 0 Å². The molecule has 0 spiro atoms. The van der Waals surface area contributed by atoms with Gasteiger partial charge in [0.2, 0.25) is 0 Å². The summed E-state index contributed by atoms with van der Waals surface area (Å²) in [7, 11) is 0. The fourth-order valence-electron chi connectivity index (χ4n) is 1.80. The van der Waals surface area contributed by atoms with Crippen molar-refractivity contribution < 1.29 is 0 Å². The number of hydrogen-bond acceptors (Lipinski definition) is 4. The number of benzene rings is 1. The molecule has 0 saturated heterocycles. The molecule has 1 aromatic carbocycles. The van der Waals surface area contributed by atoms with Crippen LogP contribution in [0.5, 0.6) is 0 Å². The van der Waals surface area contributed by atoms with E-state index in [-0.39, 0.29) is 5.43 Å². The Morgan fingerprint density at radius 2 is 1.68 bits per heavy atom. The second-order valence-corrected chi connectivity index (χ2v) is 6.59. The van der Waals surface area contributed by atoms with Gasteiger partial charge in [-0.05, 0) is 39.2 Å². The maximum Gasteiger partial charge on any atom is 0.189 e. The molecular formula is C15H17NOS2. The summed E-state index contributed by atoms with van der Waals surface area (Å²) >= 11 is 3.26. The molecule has 0 atom stereocenters. The number of thioether (sulfide) groups is 1. The number of anilines is 2. The Bertz CT molecular complexity index is 644. The topological polar surface area (TPSA) is 29.1 Å². The lowest BCUT2D eigenvalue weighted by Gasteiger charge is -2.11. The van der Waals surface area contributed by atoms with Crippen LogP contribution in [0.3, 0.4) is 0 Å². The average Bonchev–Trinajstić information content (AvgIpc) is 2.42. The van der Waals surface area contributed by atoms with Gasteiger partial charge in [-0.2, -0.15) is 0 Å². The van der Waals surface area contributed by atoms with Crippen molar-refractivity contribution in [2.45, 2.75) is 25.0 Å². The highest BCUT2D eigenvalue weighted by Gasteiger charge is 2.11. The lowest BCUT2D eigenvalue weighted by atomic mass is 10.2. The first-order valence-corrected chi connectivity index (χ1v) is 8.09. The number of rotatable bonds is 3. The van der Waals surface area contributed by atoms with E-state index in [0.717, 1.165) is 26.0 Å². The molecule has 0 bridgehead atoms. The van der Waals surface area contributed by atoms with E-state index in [1.807, 2.05) is 32.2 Å². The van der Waals surface area contributed by atoms with Crippen molar-refractivity contribution in [3.8, 4) is 0 Å². The van der Waals surface area contributed by atoms with Crippen molar-refractivity contribution >= 4 is 33.8 Å². The van der Waals surface area contributed by atoms with Crippen LogP contribution in [0.25, 0.3) is 0 Å². The highest BCUT2D eigenvalue weighted by molar-refractivity contribution is 8.00. The molecule has 0 aliphatic carbocycles. The summed E-state index contributed by atoms with van der Waals surface area (Å²) in [4.78, 5) is 12.2. The quantitative estimate of drug-likeness (QED) is 0.844. The molecule has 19 heavy (non-hydrogen) atoms. The van der Waals surface area contributed by atoms with Gasteiger partial charge >= 0.3 is 0 Å². The van der Waals surface area contributed by atoms with Crippen LogP contribution < -0.4 is 10.7 Å². The molecule has 0 aliphatic heterocycles. The van der Waals surface area contributed by atoms with E-state index in [2.05, 4.69) is 24.4 Å². The normalized spacial score (nSPS) is 10.5. The zero-order chi connectivity index (χ0) is 14.0. The van der Waals surface area contributed by atoms with Crippen molar-refractivity contribution in [3.05, 3.63) is 51.2 Å². The van der Waals surface area contributed by atoms with Crippen LogP contribution in [0.1, 0.15) is 16.7 Å². The molecule has 2 aromatic rings. The highest BCUT2D eigenvalue weighted by Crippen LogP contribution is 2.32. The Balaban J connectivity index is 2.43. The fourth-order valence-corrected chi connectivity index (χ4v) is 3.63. The summed E-state index contributed by atoms with van der Waals surface area (Å²) in [6, 6.07) is 8.18. The van der Waals surface area contributed by atoms with Crippen LogP contribution in [0.15, 0.2) is 33.3 Å². The van der Waals surface area contributed by atoms with E-state index in [9.17, 15) is 4.79 Å². The summed E-state index contributed by atoms with van der Waals surface area (Å²) in [6.07, 6.45) is 2.00. The Labute approximate surface area is 121 Å². The first-order valence-electron chi connectivity index (χ1n) is 6.05. The average molecular weight is 291 g/mol. The second-order valence-electron chi connectivity index (χ2n) is 4.49. The van der Waals surface area contributed by atoms with Crippen molar-refractivity contribution in [1.82, 2.24) is 0 Å². The predicted molar refractivity (Wildman–Crippen MR) is 86.3 cm³/mol. The summed E-state index contributed by atoms with van der Waals surface area (Å²) in [6.45, 7) is 5.84. The molecule has 1 N–H and O–H groups in total. The third-order valence-electron chi connectivity index (χ3n) is 3.02. The lowest BCUT2D eigenvalue weighted by Crippen LogP contribution is -2.11. The van der Waals surface area contributed by atoms with Gasteiger partial charge in [0.25, 0.3) is 0 Å². The fraction of sp³-hybridized carbons (Fsp3) is 0.267. The molecule has 0 radical (unpaired) electrons. The van der Waals surface area contributed by atoms with Crippen molar-refractivity contribution in [2.75, 3.05) is 11.6 Å². The maximum absolute atomic E-state index is 12.2. The zero-order valence-electron chi connectivity index (χ0n) is 11.5. The van der Waals surface area contributed by atoms with Crippen molar-refractivity contribution in [1.29, 1.82) is 0 Å². The van der Waals surface area contributed by atoms with Gasteiger partial charge in [0.1, 0.15) is 5.00 Å². The van der Waals surface area contributed by atoms with Crippen LogP contribution in [0, 0.1) is 20.8 Å². The molecule has 0 aliphatic rings. The second kappa shape index (κ2) is 5.80.